The first kappa shape index (κ1) is 27.3. The number of esters is 3. The van der Waals surface area contributed by atoms with Crippen LogP contribution in [0.4, 0.5) is 0 Å². The normalized spacial score (nSPS) is 19.9. The minimum atomic E-state index is -1.01. The Morgan fingerprint density at radius 3 is 1.50 bits per heavy atom. The van der Waals surface area contributed by atoms with Crippen LogP contribution in [0.2, 0.25) is 0 Å². The van der Waals surface area contributed by atoms with Crippen LogP contribution in [-0.2, 0) is 18.9 Å². The van der Waals surface area contributed by atoms with Crippen LogP contribution in [0, 0.1) is 0 Å². The summed E-state index contributed by atoms with van der Waals surface area (Å²) in [6.45, 7) is -0.193. The molecule has 202 valence electrons. The Hall–Kier alpha value is -4.23. The Kier molecular flexibility index (Phi) is 9.03. The molecule has 40 heavy (non-hydrogen) atoms. The summed E-state index contributed by atoms with van der Waals surface area (Å²) in [5.41, 5.74) is 1.09. The summed E-state index contributed by atoms with van der Waals surface area (Å²) in [6, 6.07) is 35.4. The number of hydrogen-bond donors (Lipinski definition) is 0. The van der Waals surface area contributed by atoms with Gasteiger partial charge in [-0.1, -0.05) is 0 Å². The van der Waals surface area contributed by atoms with Gasteiger partial charge in [0.1, 0.15) is 0 Å². The Morgan fingerprint density at radius 1 is 0.575 bits per heavy atom. The SMILES string of the molecule is O=C(OC[C@@H]1OC([Se]c2ccccc2)[C@@H](OC(=O)c2ccccc2)[C@H]1OC(=O)c1ccccc1)c1ccccc1. The fourth-order valence-electron chi connectivity index (χ4n) is 4.17. The first-order chi connectivity index (χ1) is 19.6. The number of benzene rings is 4. The number of carbonyl (C=O) groups excluding carboxylic acids is 3. The fourth-order valence-corrected chi connectivity index (χ4v) is 6.53. The molecule has 1 aliphatic rings. The Labute approximate surface area is 238 Å². The number of rotatable bonds is 9. The van der Waals surface area contributed by atoms with E-state index >= 15 is 0 Å². The molecule has 4 aromatic carbocycles. The summed E-state index contributed by atoms with van der Waals surface area (Å²) < 4.78 is 24.9. The van der Waals surface area contributed by atoms with Crippen LogP contribution < -0.4 is 4.46 Å². The van der Waals surface area contributed by atoms with Crippen molar-refractivity contribution in [2.24, 2.45) is 0 Å². The van der Waals surface area contributed by atoms with Gasteiger partial charge in [-0.25, -0.2) is 0 Å². The standard InChI is InChI=1S/C32H26O7Se/c33-29(22-13-5-1-6-14-22)36-21-26-27(38-30(34)23-15-7-2-8-16-23)28(39-31(35)24-17-9-3-10-18-24)32(37-26)40-25-19-11-4-12-20-25/h1-20,26-28,32H,21H2/t26-,27-,28-,32?/m0/s1. The van der Waals surface area contributed by atoms with Gasteiger partial charge in [0.25, 0.3) is 0 Å². The molecule has 1 aliphatic heterocycles. The van der Waals surface area contributed by atoms with Crippen molar-refractivity contribution in [2.45, 2.75) is 23.3 Å². The first-order valence-corrected chi connectivity index (χ1v) is 14.5. The van der Waals surface area contributed by atoms with E-state index in [0.717, 1.165) is 4.46 Å². The molecular formula is C32H26O7Se. The zero-order chi connectivity index (χ0) is 27.7. The van der Waals surface area contributed by atoms with Crippen molar-refractivity contribution in [3.8, 4) is 0 Å². The molecule has 0 radical (unpaired) electrons. The average molecular weight is 602 g/mol. The predicted octanol–water partition coefficient (Wildman–Crippen LogP) is 4.05. The molecular weight excluding hydrogens is 575 g/mol. The molecule has 0 aliphatic carbocycles. The molecule has 0 spiro atoms. The Bertz CT molecular complexity index is 1420. The molecule has 4 aromatic rings. The second kappa shape index (κ2) is 13.2. The zero-order valence-corrected chi connectivity index (χ0v) is 23.0. The molecule has 0 saturated carbocycles. The minimum absolute atomic E-state index is 0.193. The molecule has 4 atom stereocenters. The predicted molar refractivity (Wildman–Crippen MR) is 149 cm³/mol. The van der Waals surface area contributed by atoms with Crippen LogP contribution in [0.25, 0.3) is 0 Å². The molecule has 7 nitrogen and oxygen atoms in total. The van der Waals surface area contributed by atoms with Crippen molar-refractivity contribution in [1.29, 1.82) is 0 Å². The fraction of sp³-hybridized carbons (Fsp3) is 0.156. The van der Waals surface area contributed by atoms with Crippen molar-refractivity contribution in [3.05, 3.63) is 138 Å². The van der Waals surface area contributed by atoms with Gasteiger partial charge in [-0.2, -0.15) is 0 Å². The van der Waals surface area contributed by atoms with Crippen LogP contribution in [-0.4, -0.2) is 62.8 Å². The van der Waals surface area contributed by atoms with E-state index in [4.69, 9.17) is 18.9 Å². The first-order valence-electron chi connectivity index (χ1n) is 12.7. The Morgan fingerprint density at radius 2 is 1.00 bits per heavy atom. The van der Waals surface area contributed by atoms with Crippen molar-refractivity contribution in [3.63, 3.8) is 0 Å². The molecule has 1 saturated heterocycles. The summed E-state index contributed by atoms with van der Waals surface area (Å²) >= 11 is -0.321. The van der Waals surface area contributed by atoms with Crippen molar-refractivity contribution >= 4 is 37.3 Å². The van der Waals surface area contributed by atoms with Crippen LogP contribution >= 0.6 is 0 Å². The van der Waals surface area contributed by atoms with Gasteiger partial charge < -0.3 is 0 Å². The van der Waals surface area contributed by atoms with E-state index in [9.17, 15) is 14.4 Å². The van der Waals surface area contributed by atoms with E-state index in [1.807, 2.05) is 30.3 Å². The van der Waals surface area contributed by atoms with E-state index in [-0.39, 0.29) is 21.6 Å². The number of hydrogen-bond acceptors (Lipinski definition) is 7. The maximum atomic E-state index is 13.2. The molecule has 8 heteroatoms. The van der Waals surface area contributed by atoms with E-state index in [2.05, 4.69) is 0 Å². The van der Waals surface area contributed by atoms with Crippen LogP contribution in [0.3, 0.4) is 0 Å². The number of carbonyl (C=O) groups is 3. The van der Waals surface area contributed by atoms with Crippen molar-refractivity contribution < 1.29 is 33.3 Å². The summed E-state index contributed by atoms with van der Waals surface area (Å²) in [4.78, 5) is 39.0. The van der Waals surface area contributed by atoms with Crippen LogP contribution in [0.5, 0.6) is 0 Å². The number of ether oxygens (including phenoxy) is 4. The third-order valence-corrected chi connectivity index (χ3v) is 8.58. The Balaban J connectivity index is 1.43. The molecule has 1 unspecified atom stereocenters. The van der Waals surface area contributed by atoms with Crippen molar-refractivity contribution in [1.82, 2.24) is 0 Å². The van der Waals surface area contributed by atoms with Crippen LogP contribution in [0.15, 0.2) is 121 Å². The monoisotopic (exact) mass is 602 g/mol. The molecule has 1 heterocycles. The maximum absolute atomic E-state index is 13.2. The third kappa shape index (κ3) is 6.85. The van der Waals surface area contributed by atoms with Gasteiger partial charge in [0.15, 0.2) is 0 Å². The van der Waals surface area contributed by atoms with Gasteiger partial charge in [-0.3, -0.25) is 0 Å². The van der Waals surface area contributed by atoms with Gasteiger partial charge in [0.05, 0.1) is 0 Å². The van der Waals surface area contributed by atoms with E-state index in [1.165, 1.54) is 0 Å². The van der Waals surface area contributed by atoms with E-state index in [1.54, 1.807) is 91.0 Å². The van der Waals surface area contributed by atoms with Crippen LogP contribution in [0.1, 0.15) is 31.1 Å². The van der Waals surface area contributed by atoms with E-state index < -0.39 is 41.2 Å². The summed E-state index contributed by atoms with van der Waals surface area (Å²) in [6.07, 6.45) is -2.80. The quantitative estimate of drug-likeness (QED) is 0.163. The van der Waals surface area contributed by atoms with Gasteiger partial charge in [0.2, 0.25) is 0 Å². The van der Waals surface area contributed by atoms with E-state index in [0.29, 0.717) is 16.7 Å². The molecule has 5 rings (SSSR count). The summed E-state index contributed by atoms with van der Waals surface area (Å²) in [7, 11) is 0. The van der Waals surface area contributed by atoms with Gasteiger partial charge in [0, 0.05) is 0 Å². The summed E-state index contributed by atoms with van der Waals surface area (Å²) in [5, 5.41) is -0.600. The topological polar surface area (TPSA) is 88.1 Å². The molecule has 1 fully saturated rings. The van der Waals surface area contributed by atoms with Gasteiger partial charge in [-0.15, -0.1) is 0 Å². The molecule has 0 N–H and O–H groups in total. The summed E-state index contributed by atoms with van der Waals surface area (Å²) in [5.74, 6) is -1.69. The molecule has 0 bridgehead atoms. The second-order valence-corrected chi connectivity index (χ2v) is 11.4. The molecule has 0 amide bonds. The van der Waals surface area contributed by atoms with Gasteiger partial charge >= 0.3 is 239 Å². The third-order valence-electron chi connectivity index (χ3n) is 6.16. The zero-order valence-electron chi connectivity index (χ0n) is 21.3. The van der Waals surface area contributed by atoms with Crippen molar-refractivity contribution in [2.75, 3.05) is 6.61 Å². The second-order valence-electron chi connectivity index (χ2n) is 8.91. The van der Waals surface area contributed by atoms with Gasteiger partial charge in [-0.05, 0) is 0 Å². The average Bonchev–Trinajstić information content (AvgIpc) is 3.32. The molecule has 0 aromatic heterocycles.